The summed E-state index contributed by atoms with van der Waals surface area (Å²) in [5.41, 5.74) is 6.40. The van der Waals surface area contributed by atoms with Crippen molar-refractivity contribution in [3.63, 3.8) is 0 Å². The largest absolute Gasteiger partial charge is 0.493 e. The van der Waals surface area contributed by atoms with E-state index in [4.69, 9.17) is 24.7 Å². The van der Waals surface area contributed by atoms with Gasteiger partial charge in [-0.25, -0.2) is 0 Å². The molecule has 1 aliphatic rings. The van der Waals surface area contributed by atoms with E-state index in [1.165, 1.54) is 6.42 Å². The number of hydrogen-bond donors (Lipinski definition) is 4. The number of nitrogens with one attached hydrogen (secondary N) is 3. The molecule has 182 valence electrons. The van der Waals surface area contributed by atoms with Crippen LogP contribution in [0.3, 0.4) is 0 Å². The predicted octanol–water partition coefficient (Wildman–Crippen LogP) is 1.87. The average Bonchev–Trinajstić information content (AvgIpc) is 2.81. The molecule has 11 nitrogen and oxygen atoms in total. The van der Waals surface area contributed by atoms with Gasteiger partial charge in [-0.3, -0.25) is 0 Å². The summed E-state index contributed by atoms with van der Waals surface area (Å²) in [7, 11) is 3.24. The van der Waals surface area contributed by atoms with E-state index in [-0.39, 0.29) is 0 Å². The fourth-order valence-electron chi connectivity index (χ4n) is 3.15. The molecule has 33 heavy (non-hydrogen) atoms. The van der Waals surface area contributed by atoms with Crippen LogP contribution in [0.2, 0.25) is 0 Å². The fourth-order valence-corrected chi connectivity index (χ4v) is 3.15. The van der Waals surface area contributed by atoms with E-state index >= 15 is 0 Å². The molecule has 0 saturated heterocycles. The zero-order valence-corrected chi connectivity index (χ0v) is 19.4. The number of aromatic nitrogens is 3. The van der Waals surface area contributed by atoms with E-state index in [2.05, 4.69) is 30.9 Å². The first-order chi connectivity index (χ1) is 16.2. The van der Waals surface area contributed by atoms with Gasteiger partial charge in [-0.1, -0.05) is 6.07 Å². The van der Waals surface area contributed by atoms with Gasteiger partial charge >= 0.3 is 0 Å². The molecule has 1 aliphatic carbocycles. The Morgan fingerprint density at radius 1 is 0.879 bits per heavy atom. The summed E-state index contributed by atoms with van der Waals surface area (Å²) in [4.78, 5) is 13.5. The van der Waals surface area contributed by atoms with Crippen LogP contribution in [-0.2, 0) is 16.0 Å². The van der Waals surface area contributed by atoms with Crippen molar-refractivity contribution >= 4 is 17.8 Å². The van der Waals surface area contributed by atoms with Gasteiger partial charge in [-0.05, 0) is 37.0 Å². The molecule has 2 aromatic rings. The summed E-state index contributed by atoms with van der Waals surface area (Å²) in [6.45, 7) is 3.71. The van der Waals surface area contributed by atoms with Gasteiger partial charge in [0.15, 0.2) is 11.5 Å². The van der Waals surface area contributed by atoms with Crippen molar-refractivity contribution in [1.82, 2.24) is 15.0 Å². The topological polar surface area (TPSA) is 138 Å². The lowest BCUT2D eigenvalue weighted by molar-refractivity contribution is 0.0547. The number of hydrogen-bond acceptors (Lipinski definition) is 11. The Hall–Kier alpha value is -2.89. The van der Waals surface area contributed by atoms with E-state index < -0.39 is 0 Å². The van der Waals surface area contributed by atoms with E-state index in [1.807, 2.05) is 18.2 Å². The van der Waals surface area contributed by atoms with Gasteiger partial charge in [0.25, 0.3) is 0 Å². The Morgan fingerprint density at radius 3 is 2.24 bits per heavy atom. The van der Waals surface area contributed by atoms with Gasteiger partial charge in [-0.2, -0.15) is 15.0 Å². The Labute approximate surface area is 194 Å². The standard InChI is InChI=1S/C22H35N7O4/c1-30-18-7-6-16(14-19(18)31-2)15-25-21-27-20(24-9-11-33-13-12-32-10-8-23)28-22(29-21)26-17-4-3-5-17/h6-7,14,17H,3-5,8-13,15,23H2,1-2H3,(H3,24,25,26,27,28,29). The minimum atomic E-state index is 0.413. The first kappa shape index (κ1) is 24.7. The average molecular weight is 462 g/mol. The van der Waals surface area contributed by atoms with E-state index in [0.29, 0.717) is 81.4 Å². The normalized spacial score (nSPS) is 13.3. The smallest absolute Gasteiger partial charge is 0.229 e. The second kappa shape index (κ2) is 13.6. The molecule has 1 fully saturated rings. The van der Waals surface area contributed by atoms with Crippen molar-refractivity contribution in [2.75, 3.05) is 69.7 Å². The number of benzene rings is 1. The van der Waals surface area contributed by atoms with Crippen LogP contribution in [0.25, 0.3) is 0 Å². The summed E-state index contributed by atoms with van der Waals surface area (Å²) >= 11 is 0. The number of ether oxygens (including phenoxy) is 4. The molecule has 1 saturated carbocycles. The van der Waals surface area contributed by atoms with Crippen LogP contribution in [0.15, 0.2) is 18.2 Å². The zero-order valence-electron chi connectivity index (χ0n) is 19.4. The fraction of sp³-hybridized carbons (Fsp3) is 0.591. The molecule has 5 N–H and O–H groups in total. The molecule has 11 heteroatoms. The van der Waals surface area contributed by atoms with Crippen LogP contribution in [0, 0.1) is 0 Å². The van der Waals surface area contributed by atoms with Crippen molar-refractivity contribution in [3.8, 4) is 11.5 Å². The lowest BCUT2D eigenvalue weighted by Crippen LogP contribution is -2.28. The van der Waals surface area contributed by atoms with Gasteiger partial charge in [0.1, 0.15) is 0 Å². The molecule has 1 aromatic heterocycles. The second-order valence-electron chi connectivity index (χ2n) is 7.56. The number of rotatable bonds is 16. The first-order valence-corrected chi connectivity index (χ1v) is 11.3. The molecule has 0 aliphatic heterocycles. The molecule has 0 atom stereocenters. The van der Waals surface area contributed by atoms with Crippen molar-refractivity contribution in [3.05, 3.63) is 23.8 Å². The van der Waals surface area contributed by atoms with Crippen LogP contribution in [-0.4, -0.2) is 74.7 Å². The molecule has 0 amide bonds. The van der Waals surface area contributed by atoms with Gasteiger partial charge < -0.3 is 40.6 Å². The zero-order chi connectivity index (χ0) is 23.3. The highest BCUT2D eigenvalue weighted by molar-refractivity contribution is 5.46. The van der Waals surface area contributed by atoms with Crippen molar-refractivity contribution < 1.29 is 18.9 Å². The van der Waals surface area contributed by atoms with Gasteiger partial charge in [-0.15, -0.1) is 0 Å². The lowest BCUT2D eigenvalue weighted by atomic mass is 9.93. The van der Waals surface area contributed by atoms with Crippen LogP contribution < -0.4 is 31.2 Å². The Morgan fingerprint density at radius 2 is 1.58 bits per heavy atom. The Balaban J connectivity index is 1.56. The molecule has 0 bridgehead atoms. The summed E-state index contributed by atoms with van der Waals surface area (Å²) in [6.07, 6.45) is 3.48. The number of nitrogens with zero attached hydrogens (tertiary/aromatic N) is 3. The quantitative estimate of drug-likeness (QED) is 0.273. The summed E-state index contributed by atoms with van der Waals surface area (Å²) in [6, 6.07) is 6.18. The highest BCUT2D eigenvalue weighted by Gasteiger charge is 2.19. The molecule has 3 rings (SSSR count). The maximum atomic E-state index is 5.55. The van der Waals surface area contributed by atoms with Gasteiger partial charge in [0, 0.05) is 25.7 Å². The molecule has 1 heterocycles. The predicted molar refractivity (Wildman–Crippen MR) is 127 cm³/mol. The van der Waals surface area contributed by atoms with E-state index in [1.54, 1.807) is 14.2 Å². The van der Waals surface area contributed by atoms with Gasteiger partial charge in [0.2, 0.25) is 17.8 Å². The second-order valence-corrected chi connectivity index (χ2v) is 7.56. The third kappa shape index (κ3) is 8.19. The van der Waals surface area contributed by atoms with Crippen LogP contribution >= 0.6 is 0 Å². The maximum Gasteiger partial charge on any atom is 0.229 e. The van der Waals surface area contributed by atoms with Crippen LogP contribution in [0.1, 0.15) is 24.8 Å². The molecule has 0 radical (unpaired) electrons. The highest BCUT2D eigenvalue weighted by atomic mass is 16.5. The summed E-state index contributed by atoms with van der Waals surface area (Å²) in [5.74, 6) is 2.90. The van der Waals surface area contributed by atoms with Crippen molar-refractivity contribution in [2.24, 2.45) is 5.73 Å². The lowest BCUT2D eigenvalue weighted by Gasteiger charge is -2.26. The Bertz CT molecular complexity index is 851. The van der Waals surface area contributed by atoms with Gasteiger partial charge in [0.05, 0.1) is 40.6 Å². The first-order valence-electron chi connectivity index (χ1n) is 11.3. The van der Waals surface area contributed by atoms with E-state index in [9.17, 15) is 0 Å². The molecule has 0 unspecified atom stereocenters. The minimum Gasteiger partial charge on any atom is -0.493 e. The number of methoxy groups -OCH3 is 2. The highest BCUT2D eigenvalue weighted by Crippen LogP contribution is 2.28. The molecule has 0 spiro atoms. The van der Waals surface area contributed by atoms with Crippen LogP contribution in [0.4, 0.5) is 17.8 Å². The van der Waals surface area contributed by atoms with Crippen LogP contribution in [0.5, 0.6) is 11.5 Å². The van der Waals surface area contributed by atoms with E-state index in [0.717, 1.165) is 18.4 Å². The Kier molecular flexibility index (Phi) is 10.2. The maximum absolute atomic E-state index is 5.55. The number of nitrogens with two attached hydrogens (primary N) is 1. The summed E-state index contributed by atoms with van der Waals surface area (Å²) in [5, 5.41) is 9.86. The van der Waals surface area contributed by atoms with Crippen molar-refractivity contribution in [1.29, 1.82) is 0 Å². The minimum absolute atomic E-state index is 0.413. The molecular formula is C22H35N7O4. The SMILES string of the molecule is COc1ccc(CNc2nc(NCCOCCOCCN)nc(NC3CCC3)n2)cc1OC. The molecular weight excluding hydrogens is 426 g/mol. The number of anilines is 3. The van der Waals surface area contributed by atoms with Crippen molar-refractivity contribution in [2.45, 2.75) is 31.8 Å². The third-order valence-corrected chi connectivity index (χ3v) is 5.14. The third-order valence-electron chi connectivity index (χ3n) is 5.14. The monoisotopic (exact) mass is 461 g/mol. The molecule has 1 aromatic carbocycles. The summed E-state index contributed by atoms with van der Waals surface area (Å²) < 4.78 is 21.5.